The van der Waals surface area contributed by atoms with E-state index < -0.39 is 30.6 Å². The molecule has 7 heteroatoms. The van der Waals surface area contributed by atoms with E-state index in [1.54, 1.807) is 18.2 Å². The lowest BCUT2D eigenvalue weighted by Gasteiger charge is -2.44. The quantitative estimate of drug-likeness (QED) is 0.422. The van der Waals surface area contributed by atoms with Crippen LogP contribution in [0.5, 0.6) is 0 Å². The lowest BCUT2D eigenvalue weighted by molar-refractivity contribution is -0.270. The summed E-state index contributed by atoms with van der Waals surface area (Å²) in [4.78, 5) is 11.4. The first-order chi connectivity index (χ1) is 11.5. The average Bonchev–Trinajstić information content (AvgIpc) is 2.54. The van der Waals surface area contributed by atoms with Crippen LogP contribution >= 0.6 is 0 Å². The van der Waals surface area contributed by atoms with Gasteiger partial charge in [0.05, 0.1) is 26.4 Å². The summed E-state index contributed by atoms with van der Waals surface area (Å²) in [5, 5.41) is 12.9. The standard InChI is InChI=1S/C17H27NO6/c1-5-8-21-11-13-15(22-9-6-2)16(23-10-7-3)14(17(20)24-13)18-12(4)19/h5-7,13-17,20H,1-3,8-11H2,4H3,(H,18,19)/t13-,14-,15-,16-,17+/m1/s1. The molecule has 0 unspecified atom stereocenters. The molecule has 1 rings (SSSR count). The lowest BCUT2D eigenvalue weighted by atomic mass is 9.96. The third-order valence-electron chi connectivity index (χ3n) is 3.37. The van der Waals surface area contributed by atoms with Crippen molar-refractivity contribution in [2.75, 3.05) is 26.4 Å². The van der Waals surface area contributed by atoms with Gasteiger partial charge in [-0.05, 0) is 0 Å². The molecule has 136 valence electrons. The molecule has 1 saturated heterocycles. The largest absolute Gasteiger partial charge is 0.375 e. The number of aliphatic hydroxyl groups excluding tert-OH is 1. The number of nitrogens with one attached hydrogen (secondary N) is 1. The molecule has 7 nitrogen and oxygen atoms in total. The highest BCUT2D eigenvalue weighted by atomic mass is 16.7. The van der Waals surface area contributed by atoms with Crippen molar-refractivity contribution in [3.05, 3.63) is 38.0 Å². The van der Waals surface area contributed by atoms with Crippen molar-refractivity contribution in [3.63, 3.8) is 0 Å². The molecular formula is C17H27NO6. The van der Waals surface area contributed by atoms with E-state index in [-0.39, 0.29) is 25.7 Å². The number of amides is 1. The van der Waals surface area contributed by atoms with Crippen LogP contribution in [0.3, 0.4) is 0 Å². The van der Waals surface area contributed by atoms with Gasteiger partial charge in [0, 0.05) is 6.92 Å². The van der Waals surface area contributed by atoms with Crippen LogP contribution in [0, 0.1) is 0 Å². The third kappa shape index (κ3) is 6.18. The number of aliphatic hydroxyl groups is 1. The number of ether oxygens (including phenoxy) is 4. The van der Waals surface area contributed by atoms with Crippen LogP contribution in [-0.4, -0.2) is 68.1 Å². The van der Waals surface area contributed by atoms with E-state index in [1.807, 2.05) is 0 Å². The Bertz CT molecular complexity index is 427. The summed E-state index contributed by atoms with van der Waals surface area (Å²) in [6.07, 6.45) is 1.79. The summed E-state index contributed by atoms with van der Waals surface area (Å²) < 4.78 is 22.5. The molecule has 0 aromatic rings. The predicted octanol–water partition coefficient (Wildman–Crippen LogP) is 0.553. The fourth-order valence-electron chi connectivity index (χ4n) is 2.47. The molecular weight excluding hydrogens is 314 g/mol. The first kappa shape index (κ1) is 20.5. The summed E-state index contributed by atoms with van der Waals surface area (Å²) in [6.45, 7) is 13.2. The fraction of sp³-hybridized carbons (Fsp3) is 0.588. The van der Waals surface area contributed by atoms with Gasteiger partial charge in [-0.1, -0.05) is 18.2 Å². The van der Waals surface area contributed by atoms with Crippen molar-refractivity contribution in [2.24, 2.45) is 0 Å². The SMILES string of the molecule is C=CCOC[C@H]1O[C@H](O)[C@H](NC(C)=O)[C@@H](OCC=C)[C@@H]1OCC=C. The van der Waals surface area contributed by atoms with Gasteiger partial charge in [-0.3, -0.25) is 4.79 Å². The number of rotatable bonds is 11. The minimum Gasteiger partial charge on any atom is -0.375 e. The Balaban J connectivity index is 2.96. The van der Waals surface area contributed by atoms with E-state index in [2.05, 4.69) is 25.1 Å². The minimum absolute atomic E-state index is 0.186. The van der Waals surface area contributed by atoms with E-state index in [0.29, 0.717) is 6.61 Å². The van der Waals surface area contributed by atoms with Crippen LogP contribution in [0.1, 0.15) is 6.92 Å². The van der Waals surface area contributed by atoms with Crippen molar-refractivity contribution < 1.29 is 28.8 Å². The second-order valence-electron chi connectivity index (χ2n) is 5.29. The van der Waals surface area contributed by atoms with E-state index in [1.165, 1.54) is 6.92 Å². The number of hydrogen-bond donors (Lipinski definition) is 2. The summed E-state index contributed by atoms with van der Waals surface area (Å²) in [7, 11) is 0. The predicted molar refractivity (Wildman–Crippen MR) is 89.4 cm³/mol. The van der Waals surface area contributed by atoms with E-state index in [4.69, 9.17) is 18.9 Å². The van der Waals surface area contributed by atoms with Gasteiger partial charge >= 0.3 is 0 Å². The fourth-order valence-corrected chi connectivity index (χ4v) is 2.47. The molecule has 1 amide bonds. The van der Waals surface area contributed by atoms with E-state index >= 15 is 0 Å². The van der Waals surface area contributed by atoms with Crippen molar-refractivity contribution >= 4 is 5.91 Å². The molecule has 5 atom stereocenters. The van der Waals surface area contributed by atoms with Crippen LogP contribution in [0.2, 0.25) is 0 Å². The molecule has 24 heavy (non-hydrogen) atoms. The van der Waals surface area contributed by atoms with Crippen molar-refractivity contribution in [1.82, 2.24) is 5.32 Å². The van der Waals surface area contributed by atoms with Crippen LogP contribution in [0.15, 0.2) is 38.0 Å². The molecule has 0 spiro atoms. The van der Waals surface area contributed by atoms with Crippen LogP contribution < -0.4 is 5.32 Å². The molecule has 0 saturated carbocycles. The highest BCUT2D eigenvalue weighted by molar-refractivity contribution is 5.73. The molecule has 0 radical (unpaired) electrons. The monoisotopic (exact) mass is 341 g/mol. The minimum atomic E-state index is -1.25. The van der Waals surface area contributed by atoms with E-state index in [0.717, 1.165) is 0 Å². The molecule has 0 aliphatic carbocycles. The number of hydrogen-bond acceptors (Lipinski definition) is 6. The Morgan fingerprint density at radius 1 is 1.12 bits per heavy atom. The maximum Gasteiger partial charge on any atom is 0.217 e. The maximum absolute atomic E-state index is 11.4. The average molecular weight is 341 g/mol. The maximum atomic E-state index is 11.4. The number of carbonyl (C=O) groups excluding carboxylic acids is 1. The van der Waals surface area contributed by atoms with Gasteiger partial charge in [0.2, 0.25) is 5.91 Å². The topological polar surface area (TPSA) is 86.2 Å². The second-order valence-corrected chi connectivity index (χ2v) is 5.29. The van der Waals surface area contributed by atoms with Crippen LogP contribution in [0.4, 0.5) is 0 Å². The highest BCUT2D eigenvalue weighted by Gasteiger charge is 2.47. The van der Waals surface area contributed by atoms with Crippen molar-refractivity contribution in [3.8, 4) is 0 Å². The second kappa shape index (κ2) is 11.1. The zero-order valence-corrected chi connectivity index (χ0v) is 14.1. The van der Waals surface area contributed by atoms with Gasteiger partial charge < -0.3 is 29.4 Å². The highest BCUT2D eigenvalue weighted by Crippen LogP contribution is 2.25. The molecule has 1 heterocycles. The summed E-state index contributed by atoms with van der Waals surface area (Å²) in [5.41, 5.74) is 0. The van der Waals surface area contributed by atoms with Crippen molar-refractivity contribution in [2.45, 2.75) is 37.6 Å². The Hall–Kier alpha value is -1.51. The van der Waals surface area contributed by atoms with Crippen LogP contribution in [-0.2, 0) is 23.7 Å². The zero-order chi connectivity index (χ0) is 17.9. The van der Waals surface area contributed by atoms with Crippen LogP contribution in [0.25, 0.3) is 0 Å². The third-order valence-corrected chi connectivity index (χ3v) is 3.37. The van der Waals surface area contributed by atoms with Gasteiger partial charge in [0.25, 0.3) is 0 Å². The summed E-state index contributed by atoms with van der Waals surface area (Å²) >= 11 is 0. The van der Waals surface area contributed by atoms with Gasteiger partial charge in [-0.15, -0.1) is 19.7 Å². The Labute approximate surface area is 142 Å². The first-order valence-electron chi connectivity index (χ1n) is 7.79. The Morgan fingerprint density at radius 2 is 1.71 bits per heavy atom. The normalized spacial score (nSPS) is 29.7. The summed E-state index contributed by atoms with van der Waals surface area (Å²) in [6, 6.07) is -0.770. The van der Waals surface area contributed by atoms with Gasteiger partial charge in [0.1, 0.15) is 24.4 Å². The van der Waals surface area contributed by atoms with Crippen molar-refractivity contribution in [1.29, 1.82) is 0 Å². The molecule has 1 fully saturated rings. The molecule has 0 aromatic carbocycles. The molecule has 1 aliphatic rings. The summed E-state index contributed by atoms with van der Waals surface area (Å²) in [5.74, 6) is -0.307. The molecule has 0 bridgehead atoms. The lowest BCUT2D eigenvalue weighted by Crippen LogP contribution is -2.65. The Kier molecular flexibility index (Phi) is 9.51. The smallest absolute Gasteiger partial charge is 0.217 e. The first-order valence-corrected chi connectivity index (χ1v) is 7.79. The molecule has 1 aliphatic heterocycles. The van der Waals surface area contributed by atoms with Gasteiger partial charge in [-0.2, -0.15) is 0 Å². The Morgan fingerprint density at radius 3 is 2.25 bits per heavy atom. The number of carbonyl (C=O) groups is 1. The zero-order valence-electron chi connectivity index (χ0n) is 14.1. The molecule has 2 N–H and O–H groups in total. The van der Waals surface area contributed by atoms with Gasteiger partial charge in [0.15, 0.2) is 6.29 Å². The molecule has 0 aromatic heterocycles. The van der Waals surface area contributed by atoms with Gasteiger partial charge in [-0.25, -0.2) is 0 Å². The van der Waals surface area contributed by atoms with E-state index in [9.17, 15) is 9.90 Å².